The van der Waals surface area contributed by atoms with E-state index in [9.17, 15) is 14.3 Å². The Bertz CT molecular complexity index is 517. The van der Waals surface area contributed by atoms with Gasteiger partial charge in [-0.3, -0.25) is 4.79 Å². The maximum absolute atomic E-state index is 12.9. The molecule has 1 amide bonds. The van der Waals surface area contributed by atoms with Gasteiger partial charge in [0.2, 0.25) is 0 Å². The van der Waals surface area contributed by atoms with Gasteiger partial charge < -0.3 is 14.7 Å². The van der Waals surface area contributed by atoms with Crippen molar-refractivity contribution in [1.82, 2.24) is 4.90 Å². The van der Waals surface area contributed by atoms with Crippen LogP contribution in [0.1, 0.15) is 38.5 Å². The SMILES string of the molecule is O=C(N1CCC(Oc2ccc(F)cc2)CC1)C1(O)CCCC1. The zero-order valence-corrected chi connectivity index (χ0v) is 12.6. The normalized spacial score (nSPS) is 21.8. The Morgan fingerprint density at radius 1 is 1.18 bits per heavy atom. The molecule has 1 aliphatic carbocycles. The summed E-state index contributed by atoms with van der Waals surface area (Å²) in [5, 5.41) is 10.4. The van der Waals surface area contributed by atoms with Gasteiger partial charge >= 0.3 is 0 Å². The third-order valence-electron chi connectivity index (χ3n) is 4.67. The molecule has 0 spiro atoms. The van der Waals surface area contributed by atoms with Crippen LogP contribution in [0.5, 0.6) is 5.75 Å². The van der Waals surface area contributed by atoms with Crippen molar-refractivity contribution >= 4 is 5.91 Å². The molecule has 0 bridgehead atoms. The van der Waals surface area contributed by atoms with Gasteiger partial charge in [-0.1, -0.05) is 0 Å². The fraction of sp³-hybridized carbons (Fsp3) is 0.588. The van der Waals surface area contributed by atoms with Crippen molar-refractivity contribution in [3.05, 3.63) is 30.1 Å². The molecule has 0 atom stereocenters. The van der Waals surface area contributed by atoms with Gasteiger partial charge in [-0.15, -0.1) is 0 Å². The van der Waals surface area contributed by atoms with E-state index in [-0.39, 0.29) is 17.8 Å². The van der Waals surface area contributed by atoms with Crippen LogP contribution in [0, 0.1) is 5.82 Å². The number of likely N-dealkylation sites (tertiary alicyclic amines) is 1. The van der Waals surface area contributed by atoms with Crippen molar-refractivity contribution in [2.24, 2.45) is 0 Å². The minimum Gasteiger partial charge on any atom is -0.490 e. The Labute approximate surface area is 129 Å². The summed E-state index contributed by atoms with van der Waals surface area (Å²) in [6, 6.07) is 6.00. The molecule has 0 aromatic heterocycles. The van der Waals surface area contributed by atoms with E-state index >= 15 is 0 Å². The number of nitrogens with zero attached hydrogens (tertiary/aromatic N) is 1. The predicted octanol–water partition coefficient (Wildman–Crippen LogP) is 2.50. The van der Waals surface area contributed by atoms with E-state index in [2.05, 4.69) is 0 Å². The zero-order valence-electron chi connectivity index (χ0n) is 12.6. The molecule has 5 heteroatoms. The highest BCUT2D eigenvalue weighted by molar-refractivity contribution is 5.85. The number of rotatable bonds is 3. The molecule has 1 aromatic carbocycles. The summed E-state index contributed by atoms with van der Waals surface area (Å²) in [7, 11) is 0. The van der Waals surface area contributed by atoms with Crippen molar-refractivity contribution in [1.29, 1.82) is 0 Å². The number of piperidine rings is 1. The van der Waals surface area contributed by atoms with Gasteiger partial charge in [0.25, 0.3) is 5.91 Å². The van der Waals surface area contributed by atoms with Gasteiger partial charge in [-0.2, -0.15) is 0 Å². The molecule has 3 rings (SSSR count). The molecule has 1 saturated carbocycles. The highest BCUT2D eigenvalue weighted by Gasteiger charge is 2.42. The standard InChI is InChI=1S/C17H22FNO3/c18-13-3-5-14(6-4-13)22-15-7-11-19(12-8-15)16(20)17(21)9-1-2-10-17/h3-6,15,21H,1-2,7-12H2. The van der Waals surface area contributed by atoms with E-state index in [1.165, 1.54) is 12.1 Å². The van der Waals surface area contributed by atoms with Gasteiger partial charge in [0.15, 0.2) is 0 Å². The Kier molecular flexibility index (Phi) is 4.34. The Balaban J connectivity index is 1.52. The quantitative estimate of drug-likeness (QED) is 0.933. The fourth-order valence-corrected chi connectivity index (χ4v) is 3.35. The average molecular weight is 307 g/mol. The summed E-state index contributed by atoms with van der Waals surface area (Å²) < 4.78 is 18.7. The lowest BCUT2D eigenvalue weighted by atomic mass is 9.98. The van der Waals surface area contributed by atoms with E-state index < -0.39 is 5.60 Å². The number of hydrogen-bond donors (Lipinski definition) is 1. The van der Waals surface area contributed by atoms with Crippen LogP contribution in [0.2, 0.25) is 0 Å². The molecular formula is C17H22FNO3. The first kappa shape index (κ1) is 15.3. The number of carbonyl (C=O) groups is 1. The van der Waals surface area contributed by atoms with Crippen molar-refractivity contribution in [2.75, 3.05) is 13.1 Å². The first-order valence-corrected chi connectivity index (χ1v) is 8.01. The Morgan fingerprint density at radius 2 is 1.77 bits per heavy atom. The number of hydrogen-bond acceptors (Lipinski definition) is 3. The van der Waals surface area contributed by atoms with Crippen LogP contribution in [0.15, 0.2) is 24.3 Å². The smallest absolute Gasteiger partial charge is 0.254 e. The second-order valence-electron chi connectivity index (χ2n) is 6.30. The van der Waals surface area contributed by atoms with Crippen LogP contribution in [-0.4, -0.2) is 40.7 Å². The van der Waals surface area contributed by atoms with Gasteiger partial charge in [-0.05, 0) is 49.9 Å². The molecule has 1 heterocycles. The number of aliphatic hydroxyl groups is 1. The summed E-state index contributed by atoms with van der Waals surface area (Å²) in [5.74, 6) is 0.253. The molecule has 1 saturated heterocycles. The lowest BCUT2D eigenvalue weighted by Crippen LogP contribution is -2.51. The molecule has 120 valence electrons. The lowest BCUT2D eigenvalue weighted by Gasteiger charge is -2.36. The minimum absolute atomic E-state index is 0.0349. The highest BCUT2D eigenvalue weighted by Crippen LogP contribution is 2.32. The minimum atomic E-state index is -1.13. The van der Waals surface area contributed by atoms with Gasteiger partial charge in [0.1, 0.15) is 23.3 Å². The van der Waals surface area contributed by atoms with Crippen LogP contribution < -0.4 is 4.74 Å². The molecule has 0 radical (unpaired) electrons. The van der Waals surface area contributed by atoms with Crippen LogP contribution >= 0.6 is 0 Å². The number of carbonyl (C=O) groups excluding carboxylic acids is 1. The summed E-state index contributed by atoms with van der Waals surface area (Å²) >= 11 is 0. The van der Waals surface area contributed by atoms with E-state index in [0.717, 1.165) is 25.7 Å². The maximum atomic E-state index is 12.9. The molecule has 4 nitrogen and oxygen atoms in total. The second-order valence-corrected chi connectivity index (χ2v) is 6.30. The first-order valence-electron chi connectivity index (χ1n) is 8.01. The summed E-state index contributed by atoms with van der Waals surface area (Å²) in [6.07, 6.45) is 4.51. The van der Waals surface area contributed by atoms with Crippen LogP contribution in [0.25, 0.3) is 0 Å². The fourth-order valence-electron chi connectivity index (χ4n) is 3.35. The van der Waals surface area contributed by atoms with E-state index in [4.69, 9.17) is 4.74 Å². The Hall–Kier alpha value is -1.62. The van der Waals surface area contributed by atoms with Crippen LogP contribution in [0.3, 0.4) is 0 Å². The van der Waals surface area contributed by atoms with Crippen molar-refractivity contribution in [2.45, 2.75) is 50.2 Å². The molecule has 0 unspecified atom stereocenters. The second kappa shape index (κ2) is 6.24. The predicted molar refractivity (Wildman–Crippen MR) is 80.0 cm³/mol. The molecule has 1 N–H and O–H groups in total. The summed E-state index contributed by atoms with van der Waals surface area (Å²) in [4.78, 5) is 14.2. The third kappa shape index (κ3) is 3.24. The number of benzene rings is 1. The number of halogens is 1. The lowest BCUT2D eigenvalue weighted by molar-refractivity contribution is -0.152. The van der Waals surface area contributed by atoms with Gasteiger partial charge in [0.05, 0.1) is 0 Å². The van der Waals surface area contributed by atoms with Crippen molar-refractivity contribution < 1.29 is 19.0 Å². The average Bonchev–Trinajstić information content (AvgIpc) is 2.98. The third-order valence-corrected chi connectivity index (χ3v) is 4.67. The zero-order chi connectivity index (χ0) is 15.6. The van der Waals surface area contributed by atoms with Crippen LogP contribution in [-0.2, 0) is 4.79 Å². The molecule has 22 heavy (non-hydrogen) atoms. The molecular weight excluding hydrogens is 285 g/mol. The molecule has 1 aliphatic heterocycles. The monoisotopic (exact) mass is 307 g/mol. The topological polar surface area (TPSA) is 49.8 Å². The van der Waals surface area contributed by atoms with E-state index in [1.54, 1.807) is 17.0 Å². The number of ether oxygens (including phenoxy) is 1. The Morgan fingerprint density at radius 3 is 2.36 bits per heavy atom. The van der Waals surface area contributed by atoms with Gasteiger partial charge in [-0.25, -0.2) is 4.39 Å². The summed E-state index contributed by atoms with van der Waals surface area (Å²) in [5.41, 5.74) is -1.13. The molecule has 2 fully saturated rings. The highest BCUT2D eigenvalue weighted by atomic mass is 19.1. The van der Waals surface area contributed by atoms with Crippen molar-refractivity contribution in [3.63, 3.8) is 0 Å². The largest absolute Gasteiger partial charge is 0.490 e. The van der Waals surface area contributed by atoms with Crippen molar-refractivity contribution in [3.8, 4) is 5.75 Å². The first-order chi connectivity index (χ1) is 10.6. The van der Waals surface area contributed by atoms with Gasteiger partial charge in [0, 0.05) is 25.9 Å². The van der Waals surface area contributed by atoms with E-state index in [1.807, 2.05) is 0 Å². The van der Waals surface area contributed by atoms with E-state index in [0.29, 0.717) is 31.7 Å². The molecule has 1 aromatic rings. The van der Waals surface area contributed by atoms with Crippen LogP contribution in [0.4, 0.5) is 4.39 Å². The maximum Gasteiger partial charge on any atom is 0.254 e. The number of amides is 1. The molecule has 2 aliphatic rings. The summed E-state index contributed by atoms with van der Waals surface area (Å²) in [6.45, 7) is 1.21.